The van der Waals surface area contributed by atoms with Crippen molar-refractivity contribution in [2.75, 3.05) is 7.11 Å². The number of aryl methyl sites for hydroxylation is 1. The van der Waals surface area contributed by atoms with Crippen LogP contribution in [0.5, 0.6) is 0 Å². The van der Waals surface area contributed by atoms with Crippen molar-refractivity contribution in [1.82, 2.24) is 5.32 Å². The fourth-order valence-corrected chi connectivity index (χ4v) is 1.54. The maximum Gasteiger partial charge on any atom is 0.325 e. The van der Waals surface area contributed by atoms with E-state index < -0.39 is 5.54 Å². The van der Waals surface area contributed by atoms with E-state index in [0.717, 1.165) is 6.42 Å². The van der Waals surface area contributed by atoms with E-state index in [9.17, 15) is 4.79 Å². The highest BCUT2D eigenvalue weighted by Gasteiger charge is 2.27. The van der Waals surface area contributed by atoms with Crippen molar-refractivity contribution in [3.8, 4) is 0 Å². The molecule has 0 saturated heterocycles. The molecule has 0 bridgehead atoms. The Labute approximate surface area is 103 Å². The molecule has 0 spiro atoms. The summed E-state index contributed by atoms with van der Waals surface area (Å²) in [6.07, 6.45) is 1.04. The lowest BCUT2D eigenvalue weighted by molar-refractivity contribution is -0.147. The molecule has 17 heavy (non-hydrogen) atoms. The Bertz CT molecular complexity index is 368. The molecule has 0 aromatic heterocycles. The number of benzene rings is 1. The van der Waals surface area contributed by atoms with Crippen LogP contribution in [0, 0.1) is 0 Å². The summed E-state index contributed by atoms with van der Waals surface area (Å²) in [5.41, 5.74) is 1.83. The molecule has 1 aromatic rings. The van der Waals surface area contributed by atoms with Crippen LogP contribution in [0.25, 0.3) is 0 Å². The van der Waals surface area contributed by atoms with Gasteiger partial charge in [0.1, 0.15) is 5.54 Å². The Morgan fingerprint density at radius 2 is 1.76 bits per heavy atom. The normalized spacial score (nSPS) is 11.3. The molecule has 0 radical (unpaired) electrons. The maximum atomic E-state index is 11.5. The molecule has 1 N–H and O–H groups in total. The molecule has 0 heterocycles. The lowest BCUT2D eigenvalue weighted by Gasteiger charge is -2.23. The van der Waals surface area contributed by atoms with Crippen LogP contribution in [0.2, 0.25) is 0 Å². The second-order valence-electron chi connectivity index (χ2n) is 4.64. The van der Waals surface area contributed by atoms with E-state index in [2.05, 4.69) is 36.5 Å². The average Bonchev–Trinajstić information content (AvgIpc) is 2.36. The minimum Gasteiger partial charge on any atom is -0.468 e. The topological polar surface area (TPSA) is 38.3 Å². The highest BCUT2D eigenvalue weighted by molar-refractivity contribution is 5.79. The summed E-state index contributed by atoms with van der Waals surface area (Å²) in [7, 11) is 1.40. The van der Waals surface area contributed by atoms with Gasteiger partial charge in [-0.15, -0.1) is 0 Å². The fourth-order valence-electron chi connectivity index (χ4n) is 1.54. The molecule has 0 atom stereocenters. The Morgan fingerprint density at radius 3 is 2.24 bits per heavy atom. The van der Waals surface area contributed by atoms with Gasteiger partial charge >= 0.3 is 5.97 Å². The van der Waals surface area contributed by atoms with Gasteiger partial charge in [-0.25, -0.2) is 0 Å². The van der Waals surface area contributed by atoms with E-state index >= 15 is 0 Å². The number of hydrogen-bond acceptors (Lipinski definition) is 3. The first-order valence-electron chi connectivity index (χ1n) is 5.91. The van der Waals surface area contributed by atoms with Crippen molar-refractivity contribution in [3.63, 3.8) is 0 Å². The predicted octanol–water partition coefficient (Wildman–Crippen LogP) is 2.29. The standard InChI is InChI=1S/C14H21NO2/c1-5-11-6-8-12(9-7-11)10-15-14(2,3)13(16)17-4/h6-9,15H,5,10H2,1-4H3. The van der Waals surface area contributed by atoms with Gasteiger partial charge in [0, 0.05) is 6.54 Å². The first-order chi connectivity index (χ1) is 7.99. The zero-order valence-corrected chi connectivity index (χ0v) is 11.0. The van der Waals surface area contributed by atoms with Gasteiger partial charge in [0.2, 0.25) is 0 Å². The third-order valence-electron chi connectivity index (χ3n) is 2.86. The van der Waals surface area contributed by atoms with Gasteiger partial charge in [0.15, 0.2) is 0 Å². The van der Waals surface area contributed by atoms with Crippen LogP contribution in [-0.4, -0.2) is 18.6 Å². The number of carbonyl (C=O) groups excluding carboxylic acids is 1. The lowest BCUT2D eigenvalue weighted by Crippen LogP contribution is -2.46. The van der Waals surface area contributed by atoms with Gasteiger partial charge in [-0.3, -0.25) is 10.1 Å². The zero-order chi connectivity index (χ0) is 12.9. The summed E-state index contributed by atoms with van der Waals surface area (Å²) in [5, 5.41) is 3.19. The first-order valence-corrected chi connectivity index (χ1v) is 5.91. The summed E-state index contributed by atoms with van der Waals surface area (Å²) >= 11 is 0. The van der Waals surface area contributed by atoms with E-state index in [-0.39, 0.29) is 5.97 Å². The molecule has 1 aromatic carbocycles. The summed E-state index contributed by atoms with van der Waals surface area (Å²) < 4.78 is 4.74. The van der Waals surface area contributed by atoms with Gasteiger partial charge in [-0.05, 0) is 31.4 Å². The first kappa shape index (κ1) is 13.7. The van der Waals surface area contributed by atoms with Crippen molar-refractivity contribution in [1.29, 1.82) is 0 Å². The van der Waals surface area contributed by atoms with Crippen molar-refractivity contribution in [2.24, 2.45) is 0 Å². The molecule has 0 aliphatic carbocycles. The van der Waals surface area contributed by atoms with Gasteiger partial charge in [-0.2, -0.15) is 0 Å². The highest BCUT2D eigenvalue weighted by atomic mass is 16.5. The number of ether oxygens (including phenoxy) is 1. The molecule has 94 valence electrons. The van der Waals surface area contributed by atoms with E-state index in [0.29, 0.717) is 6.54 Å². The highest BCUT2D eigenvalue weighted by Crippen LogP contribution is 2.09. The number of nitrogens with one attached hydrogen (secondary N) is 1. The average molecular weight is 235 g/mol. The molecule has 0 aliphatic rings. The smallest absolute Gasteiger partial charge is 0.325 e. The van der Waals surface area contributed by atoms with Crippen molar-refractivity contribution < 1.29 is 9.53 Å². The van der Waals surface area contributed by atoms with E-state index in [1.807, 2.05) is 13.8 Å². The van der Waals surface area contributed by atoms with Crippen LogP contribution in [-0.2, 0) is 22.5 Å². The molecule has 0 fully saturated rings. The Morgan fingerprint density at radius 1 is 1.24 bits per heavy atom. The summed E-state index contributed by atoms with van der Waals surface area (Å²) in [4.78, 5) is 11.5. The van der Waals surface area contributed by atoms with Crippen LogP contribution in [0.1, 0.15) is 31.9 Å². The number of methoxy groups -OCH3 is 1. The summed E-state index contributed by atoms with van der Waals surface area (Å²) in [6.45, 7) is 6.43. The minimum atomic E-state index is -0.655. The molecule has 0 amide bonds. The Kier molecular flexibility index (Phi) is 4.70. The third kappa shape index (κ3) is 3.86. The van der Waals surface area contributed by atoms with E-state index in [1.165, 1.54) is 18.2 Å². The van der Waals surface area contributed by atoms with Gasteiger partial charge in [0.25, 0.3) is 0 Å². The number of rotatable bonds is 5. The van der Waals surface area contributed by atoms with Crippen molar-refractivity contribution >= 4 is 5.97 Å². The molecular formula is C14H21NO2. The SMILES string of the molecule is CCc1ccc(CNC(C)(C)C(=O)OC)cc1. The molecule has 0 unspecified atom stereocenters. The van der Waals surface area contributed by atoms with Gasteiger partial charge < -0.3 is 4.74 Å². The van der Waals surface area contributed by atoms with Crippen LogP contribution in [0.3, 0.4) is 0 Å². The molecule has 0 saturated carbocycles. The van der Waals surface area contributed by atoms with E-state index in [4.69, 9.17) is 4.74 Å². The fraction of sp³-hybridized carbons (Fsp3) is 0.500. The monoisotopic (exact) mass is 235 g/mol. The lowest BCUT2D eigenvalue weighted by atomic mass is 10.0. The van der Waals surface area contributed by atoms with Crippen molar-refractivity contribution in [2.45, 2.75) is 39.3 Å². The van der Waals surface area contributed by atoms with Crippen LogP contribution >= 0.6 is 0 Å². The van der Waals surface area contributed by atoms with Crippen molar-refractivity contribution in [3.05, 3.63) is 35.4 Å². The zero-order valence-electron chi connectivity index (χ0n) is 11.0. The molecular weight excluding hydrogens is 214 g/mol. The van der Waals surface area contributed by atoms with Gasteiger partial charge in [0.05, 0.1) is 7.11 Å². The van der Waals surface area contributed by atoms with Gasteiger partial charge in [-0.1, -0.05) is 31.2 Å². The van der Waals surface area contributed by atoms with Crippen LogP contribution in [0.15, 0.2) is 24.3 Å². The van der Waals surface area contributed by atoms with Crippen LogP contribution in [0.4, 0.5) is 0 Å². The second kappa shape index (κ2) is 5.82. The molecule has 3 heteroatoms. The molecule has 0 aliphatic heterocycles. The number of esters is 1. The number of hydrogen-bond donors (Lipinski definition) is 1. The quantitative estimate of drug-likeness (QED) is 0.796. The summed E-state index contributed by atoms with van der Waals surface area (Å²) in [6, 6.07) is 8.39. The van der Waals surface area contributed by atoms with Crippen LogP contribution < -0.4 is 5.32 Å². The minimum absolute atomic E-state index is 0.248. The second-order valence-corrected chi connectivity index (χ2v) is 4.64. The molecule has 1 rings (SSSR count). The van der Waals surface area contributed by atoms with E-state index in [1.54, 1.807) is 0 Å². The predicted molar refractivity (Wildman–Crippen MR) is 68.8 cm³/mol. The molecule has 3 nitrogen and oxygen atoms in total. The third-order valence-corrected chi connectivity index (χ3v) is 2.86. The summed E-state index contributed by atoms with van der Waals surface area (Å²) in [5.74, 6) is -0.248. The maximum absolute atomic E-state index is 11.5. The Hall–Kier alpha value is -1.35. The largest absolute Gasteiger partial charge is 0.468 e. The Balaban J connectivity index is 2.57. The number of carbonyl (C=O) groups is 1.